The molecule has 0 aliphatic carbocycles. The number of fused-ring (bicyclic) bond motifs is 1. The SMILES string of the molecule is CC(C)(C)OC(=O)NCCC(=O)N1CCn2c(n[nH]c2=O)C1. The maximum absolute atomic E-state index is 12.1. The Morgan fingerprint density at radius 1 is 1.36 bits per heavy atom. The normalized spacial score (nSPS) is 14.4. The molecule has 0 bridgehead atoms. The first kappa shape index (κ1) is 16.1. The number of hydrogen-bond acceptors (Lipinski definition) is 5. The average molecular weight is 311 g/mol. The maximum atomic E-state index is 12.1. The van der Waals surface area contributed by atoms with Crippen LogP contribution in [0.15, 0.2) is 4.79 Å². The minimum atomic E-state index is -0.565. The summed E-state index contributed by atoms with van der Waals surface area (Å²) in [6, 6.07) is 0. The van der Waals surface area contributed by atoms with Crippen molar-refractivity contribution in [3.8, 4) is 0 Å². The highest BCUT2D eigenvalue weighted by atomic mass is 16.6. The number of alkyl carbamates (subject to hydrolysis) is 1. The Bertz CT molecular complexity index is 613. The van der Waals surface area contributed by atoms with Crippen molar-refractivity contribution >= 4 is 12.0 Å². The van der Waals surface area contributed by atoms with Gasteiger partial charge in [0.25, 0.3) is 0 Å². The molecule has 0 aromatic carbocycles. The molecule has 0 saturated carbocycles. The second-order valence-corrected chi connectivity index (χ2v) is 6.09. The molecule has 2 amide bonds. The molecule has 2 N–H and O–H groups in total. The molecule has 2 rings (SSSR count). The van der Waals surface area contributed by atoms with Crippen LogP contribution in [0.25, 0.3) is 0 Å². The number of ether oxygens (including phenoxy) is 1. The number of aromatic amines is 1. The van der Waals surface area contributed by atoms with Crippen molar-refractivity contribution in [3.05, 3.63) is 16.3 Å². The van der Waals surface area contributed by atoms with Gasteiger partial charge in [-0.25, -0.2) is 14.7 Å². The molecular weight excluding hydrogens is 290 g/mol. The first-order valence-electron chi connectivity index (χ1n) is 7.15. The molecule has 122 valence electrons. The van der Waals surface area contributed by atoms with Crippen molar-refractivity contribution < 1.29 is 14.3 Å². The summed E-state index contributed by atoms with van der Waals surface area (Å²) >= 11 is 0. The minimum Gasteiger partial charge on any atom is -0.444 e. The third-order valence-corrected chi connectivity index (χ3v) is 3.12. The molecular formula is C13H21N5O4. The molecule has 1 aliphatic rings. The number of aromatic nitrogens is 3. The number of hydrogen-bond donors (Lipinski definition) is 2. The van der Waals surface area contributed by atoms with E-state index in [-0.39, 0.29) is 24.6 Å². The van der Waals surface area contributed by atoms with Crippen LogP contribution in [0, 0.1) is 0 Å². The van der Waals surface area contributed by atoms with Gasteiger partial charge in [-0.3, -0.25) is 9.36 Å². The Labute approximate surface area is 127 Å². The van der Waals surface area contributed by atoms with Crippen LogP contribution in [0.5, 0.6) is 0 Å². The van der Waals surface area contributed by atoms with Gasteiger partial charge in [-0.2, -0.15) is 5.10 Å². The van der Waals surface area contributed by atoms with E-state index in [1.54, 1.807) is 25.7 Å². The summed E-state index contributed by atoms with van der Waals surface area (Å²) in [7, 11) is 0. The van der Waals surface area contributed by atoms with Crippen molar-refractivity contribution in [3.63, 3.8) is 0 Å². The predicted octanol–water partition coefficient (Wildman–Crippen LogP) is -0.172. The van der Waals surface area contributed by atoms with Gasteiger partial charge in [-0.15, -0.1) is 0 Å². The van der Waals surface area contributed by atoms with Gasteiger partial charge in [0.1, 0.15) is 5.60 Å². The zero-order chi connectivity index (χ0) is 16.3. The lowest BCUT2D eigenvalue weighted by Gasteiger charge is -2.26. The minimum absolute atomic E-state index is 0.0993. The molecule has 0 unspecified atom stereocenters. The summed E-state index contributed by atoms with van der Waals surface area (Å²) in [5, 5.41) is 8.79. The summed E-state index contributed by atoms with van der Waals surface area (Å²) in [4.78, 5) is 36.6. The first-order chi connectivity index (χ1) is 10.3. The smallest absolute Gasteiger partial charge is 0.407 e. The highest BCUT2D eigenvalue weighted by Gasteiger charge is 2.23. The quantitative estimate of drug-likeness (QED) is 0.805. The lowest BCUT2D eigenvalue weighted by molar-refractivity contribution is -0.132. The second kappa shape index (κ2) is 6.20. The molecule has 1 aromatic rings. The highest BCUT2D eigenvalue weighted by molar-refractivity contribution is 5.77. The van der Waals surface area contributed by atoms with E-state index in [1.165, 1.54) is 4.57 Å². The van der Waals surface area contributed by atoms with E-state index in [0.717, 1.165) is 0 Å². The molecule has 9 nitrogen and oxygen atoms in total. The van der Waals surface area contributed by atoms with E-state index < -0.39 is 11.7 Å². The number of H-pyrrole nitrogens is 1. The van der Waals surface area contributed by atoms with Crippen LogP contribution in [-0.4, -0.2) is 50.4 Å². The topological polar surface area (TPSA) is 109 Å². The van der Waals surface area contributed by atoms with Crippen LogP contribution in [0.4, 0.5) is 4.79 Å². The van der Waals surface area contributed by atoms with Crippen molar-refractivity contribution in [1.82, 2.24) is 25.0 Å². The fraction of sp³-hybridized carbons (Fsp3) is 0.692. The maximum Gasteiger partial charge on any atom is 0.407 e. The van der Waals surface area contributed by atoms with E-state index >= 15 is 0 Å². The number of carbonyl (C=O) groups excluding carboxylic acids is 2. The molecule has 0 spiro atoms. The van der Waals surface area contributed by atoms with E-state index in [1.807, 2.05) is 0 Å². The largest absolute Gasteiger partial charge is 0.444 e. The molecule has 2 heterocycles. The predicted molar refractivity (Wildman–Crippen MR) is 77.1 cm³/mol. The van der Waals surface area contributed by atoms with Crippen molar-refractivity contribution in [2.45, 2.75) is 45.9 Å². The number of amides is 2. The highest BCUT2D eigenvalue weighted by Crippen LogP contribution is 2.09. The molecule has 1 aromatic heterocycles. The molecule has 0 fully saturated rings. The molecule has 0 atom stereocenters. The molecule has 22 heavy (non-hydrogen) atoms. The van der Waals surface area contributed by atoms with Crippen LogP contribution in [0.2, 0.25) is 0 Å². The molecule has 0 saturated heterocycles. The molecule has 1 aliphatic heterocycles. The van der Waals surface area contributed by atoms with Crippen molar-refractivity contribution in [2.24, 2.45) is 0 Å². The van der Waals surface area contributed by atoms with Gasteiger partial charge < -0.3 is 15.0 Å². The Morgan fingerprint density at radius 2 is 2.09 bits per heavy atom. The zero-order valence-electron chi connectivity index (χ0n) is 13.0. The summed E-state index contributed by atoms with van der Waals surface area (Å²) in [5.41, 5.74) is -0.821. The standard InChI is InChI=1S/C13H21N5O4/c1-13(2,3)22-12(21)14-5-4-10(19)17-6-7-18-9(8-17)15-16-11(18)20/h4-8H2,1-3H3,(H,14,21)(H,16,20). The lowest BCUT2D eigenvalue weighted by Crippen LogP contribution is -2.42. The van der Waals surface area contributed by atoms with E-state index in [4.69, 9.17) is 4.74 Å². The van der Waals surface area contributed by atoms with Crippen LogP contribution < -0.4 is 11.0 Å². The van der Waals surface area contributed by atoms with Crippen LogP contribution >= 0.6 is 0 Å². The van der Waals surface area contributed by atoms with Crippen LogP contribution in [0.1, 0.15) is 33.0 Å². The van der Waals surface area contributed by atoms with Crippen LogP contribution in [0.3, 0.4) is 0 Å². The van der Waals surface area contributed by atoms with Gasteiger partial charge in [-0.05, 0) is 20.8 Å². The summed E-state index contributed by atoms with van der Waals surface area (Å²) < 4.78 is 6.60. The van der Waals surface area contributed by atoms with Crippen LogP contribution in [-0.2, 0) is 22.6 Å². The lowest BCUT2D eigenvalue weighted by atomic mass is 10.2. The van der Waals surface area contributed by atoms with Gasteiger partial charge in [0.05, 0.1) is 6.54 Å². The van der Waals surface area contributed by atoms with Gasteiger partial charge in [0.2, 0.25) is 5.91 Å². The Morgan fingerprint density at radius 3 is 2.77 bits per heavy atom. The van der Waals surface area contributed by atoms with E-state index in [2.05, 4.69) is 15.5 Å². The van der Waals surface area contributed by atoms with Gasteiger partial charge in [0.15, 0.2) is 5.82 Å². The second-order valence-electron chi connectivity index (χ2n) is 6.09. The fourth-order valence-electron chi connectivity index (χ4n) is 2.13. The third kappa shape index (κ3) is 4.09. The molecule has 0 radical (unpaired) electrons. The van der Waals surface area contributed by atoms with Gasteiger partial charge in [0, 0.05) is 26.1 Å². The van der Waals surface area contributed by atoms with Gasteiger partial charge >= 0.3 is 11.8 Å². The monoisotopic (exact) mass is 311 g/mol. The first-order valence-corrected chi connectivity index (χ1v) is 7.15. The summed E-state index contributed by atoms with van der Waals surface area (Å²) in [5.74, 6) is 0.447. The Balaban J connectivity index is 1.77. The number of nitrogens with zero attached hydrogens (tertiary/aromatic N) is 3. The summed E-state index contributed by atoms with van der Waals surface area (Å²) in [6.45, 7) is 6.70. The zero-order valence-corrected chi connectivity index (χ0v) is 13.0. The third-order valence-electron chi connectivity index (χ3n) is 3.12. The Hall–Kier alpha value is -2.32. The van der Waals surface area contributed by atoms with Gasteiger partial charge in [-0.1, -0.05) is 0 Å². The number of nitrogens with one attached hydrogen (secondary N) is 2. The fourth-order valence-corrected chi connectivity index (χ4v) is 2.13. The average Bonchev–Trinajstić information content (AvgIpc) is 2.78. The molecule has 9 heteroatoms. The summed E-state index contributed by atoms with van der Waals surface area (Å²) in [6.07, 6.45) is -0.367. The Kier molecular flexibility index (Phi) is 4.53. The number of carbonyl (C=O) groups is 2. The van der Waals surface area contributed by atoms with E-state index in [0.29, 0.717) is 25.5 Å². The van der Waals surface area contributed by atoms with E-state index in [9.17, 15) is 14.4 Å². The van der Waals surface area contributed by atoms with Crippen molar-refractivity contribution in [2.75, 3.05) is 13.1 Å². The number of rotatable bonds is 3. The van der Waals surface area contributed by atoms with Crippen molar-refractivity contribution in [1.29, 1.82) is 0 Å².